The minimum atomic E-state index is -0.539. The average Bonchev–Trinajstić information content (AvgIpc) is 2.51. The first-order valence-electron chi connectivity index (χ1n) is 7.33. The molecule has 0 bridgehead atoms. The number of benzene rings is 1. The second-order valence-corrected chi connectivity index (χ2v) is 5.50. The van der Waals surface area contributed by atoms with Crippen molar-refractivity contribution >= 4 is 5.95 Å². The number of nitrogens with zero attached hydrogens (tertiary/aromatic N) is 4. The third kappa shape index (κ3) is 3.39. The molecule has 0 saturated carbocycles. The van der Waals surface area contributed by atoms with Gasteiger partial charge in [0.1, 0.15) is 11.6 Å². The van der Waals surface area contributed by atoms with E-state index in [0.29, 0.717) is 12.1 Å². The van der Waals surface area contributed by atoms with Gasteiger partial charge in [-0.25, -0.2) is 18.7 Å². The second kappa shape index (κ2) is 6.36. The Labute approximate surface area is 128 Å². The predicted molar refractivity (Wildman–Crippen MR) is 80.6 cm³/mol. The molecule has 0 atom stereocenters. The van der Waals surface area contributed by atoms with Crippen molar-refractivity contribution < 1.29 is 8.78 Å². The molecule has 1 aromatic heterocycles. The van der Waals surface area contributed by atoms with Crippen LogP contribution in [0.15, 0.2) is 30.5 Å². The number of hydrogen-bond donors (Lipinski definition) is 0. The van der Waals surface area contributed by atoms with E-state index in [1.807, 2.05) is 13.0 Å². The monoisotopic (exact) mass is 304 g/mol. The van der Waals surface area contributed by atoms with Crippen molar-refractivity contribution in [2.45, 2.75) is 13.5 Å². The molecule has 1 saturated heterocycles. The Morgan fingerprint density at radius 1 is 1.09 bits per heavy atom. The molecule has 1 aliphatic heterocycles. The number of anilines is 1. The van der Waals surface area contributed by atoms with Crippen molar-refractivity contribution in [3.63, 3.8) is 0 Å². The normalized spacial score (nSPS) is 16.0. The Kier molecular flexibility index (Phi) is 4.29. The Hall–Kier alpha value is -2.08. The number of piperazine rings is 1. The summed E-state index contributed by atoms with van der Waals surface area (Å²) in [6, 6.07) is 5.62. The molecule has 0 N–H and O–H groups in total. The zero-order valence-electron chi connectivity index (χ0n) is 12.5. The molecular weight excluding hydrogens is 286 g/mol. The average molecular weight is 304 g/mol. The molecule has 2 heterocycles. The van der Waals surface area contributed by atoms with Crippen LogP contribution in [-0.4, -0.2) is 41.0 Å². The first-order valence-corrected chi connectivity index (χ1v) is 7.33. The zero-order valence-corrected chi connectivity index (χ0v) is 12.5. The molecule has 0 spiro atoms. The molecule has 0 unspecified atom stereocenters. The lowest BCUT2D eigenvalue weighted by Crippen LogP contribution is -2.46. The number of aromatic nitrogens is 2. The van der Waals surface area contributed by atoms with Gasteiger partial charge >= 0.3 is 0 Å². The van der Waals surface area contributed by atoms with Crippen LogP contribution in [0.3, 0.4) is 0 Å². The van der Waals surface area contributed by atoms with Crippen molar-refractivity contribution in [1.82, 2.24) is 14.9 Å². The van der Waals surface area contributed by atoms with E-state index in [1.165, 1.54) is 12.1 Å². The molecule has 0 aliphatic carbocycles. The van der Waals surface area contributed by atoms with Crippen LogP contribution < -0.4 is 4.90 Å². The van der Waals surface area contributed by atoms with E-state index in [-0.39, 0.29) is 0 Å². The maximum Gasteiger partial charge on any atom is 0.225 e. The molecule has 2 aromatic rings. The Morgan fingerprint density at radius 3 is 2.55 bits per heavy atom. The molecule has 22 heavy (non-hydrogen) atoms. The third-order valence-electron chi connectivity index (χ3n) is 3.85. The Bertz CT molecular complexity index is 654. The molecule has 3 rings (SSSR count). The fraction of sp³-hybridized carbons (Fsp3) is 0.375. The zero-order chi connectivity index (χ0) is 15.5. The molecule has 0 amide bonds. The maximum absolute atomic E-state index is 13.7. The highest BCUT2D eigenvalue weighted by atomic mass is 19.1. The van der Waals surface area contributed by atoms with Gasteiger partial charge in [0.2, 0.25) is 5.95 Å². The summed E-state index contributed by atoms with van der Waals surface area (Å²) >= 11 is 0. The molecule has 1 fully saturated rings. The van der Waals surface area contributed by atoms with E-state index >= 15 is 0 Å². The SMILES string of the molecule is Cc1ccnc(N2CCN(Cc3ccc(F)cc3F)CC2)n1. The first kappa shape index (κ1) is 14.8. The van der Waals surface area contributed by atoms with Gasteiger partial charge in [0.25, 0.3) is 0 Å². The van der Waals surface area contributed by atoms with Crippen molar-refractivity contribution in [3.05, 3.63) is 53.4 Å². The van der Waals surface area contributed by atoms with E-state index < -0.39 is 11.6 Å². The number of aryl methyl sites for hydroxylation is 1. The van der Waals surface area contributed by atoms with Crippen LogP contribution in [0.5, 0.6) is 0 Å². The molecule has 0 radical (unpaired) electrons. The van der Waals surface area contributed by atoms with Crippen LogP contribution in [0.1, 0.15) is 11.3 Å². The Morgan fingerprint density at radius 2 is 1.86 bits per heavy atom. The van der Waals surface area contributed by atoms with Gasteiger partial charge in [0.15, 0.2) is 0 Å². The topological polar surface area (TPSA) is 32.3 Å². The van der Waals surface area contributed by atoms with Gasteiger partial charge < -0.3 is 4.90 Å². The highest BCUT2D eigenvalue weighted by Crippen LogP contribution is 2.15. The smallest absolute Gasteiger partial charge is 0.225 e. The van der Waals surface area contributed by atoms with Gasteiger partial charge in [-0.3, -0.25) is 4.90 Å². The number of rotatable bonds is 3. The number of halogens is 2. The predicted octanol–water partition coefficient (Wildman–Crippen LogP) is 2.39. The van der Waals surface area contributed by atoms with Crippen LogP contribution in [0.25, 0.3) is 0 Å². The summed E-state index contributed by atoms with van der Waals surface area (Å²) in [6.07, 6.45) is 1.76. The largest absolute Gasteiger partial charge is 0.338 e. The third-order valence-corrected chi connectivity index (χ3v) is 3.85. The van der Waals surface area contributed by atoms with Crippen LogP contribution in [0, 0.1) is 18.6 Å². The van der Waals surface area contributed by atoms with E-state index in [2.05, 4.69) is 19.8 Å². The van der Waals surface area contributed by atoms with E-state index in [4.69, 9.17) is 0 Å². The molecule has 116 valence electrons. The van der Waals surface area contributed by atoms with Crippen molar-refractivity contribution in [3.8, 4) is 0 Å². The minimum Gasteiger partial charge on any atom is -0.338 e. The van der Waals surface area contributed by atoms with Gasteiger partial charge in [-0.15, -0.1) is 0 Å². The first-order chi connectivity index (χ1) is 10.6. The quantitative estimate of drug-likeness (QED) is 0.871. The van der Waals surface area contributed by atoms with Gasteiger partial charge in [-0.05, 0) is 19.1 Å². The highest BCUT2D eigenvalue weighted by molar-refractivity contribution is 5.31. The summed E-state index contributed by atoms with van der Waals surface area (Å²) < 4.78 is 26.6. The fourth-order valence-electron chi connectivity index (χ4n) is 2.58. The second-order valence-electron chi connectivity index (χ2n) is 5.50. The van der Waals surface area contributed by atoms with Crippen molar-refractivity contribution in [1.29, 1.82) is 0 Å². The Balaban J connectivity index is 1.60. The van der Waals surface area contributed by atoms with Crippen molar-refractivity contribution in [2.24, 2.45) is 0 Å². The summed E-state index contributed by atoms with van der Waals surface area (Å²) in [5.74, 6) is -0.278. The highest BCUT2D eigenvalue weighted by Gasteiger charge is 2.20. The van der Waals surface area contributed by atoms with Gasteiger partial charge in [0, 0.05) is 56.2 Å². The van der Waals surface area contributed by atoms with Gasteiger partial charge in [0.05, 0.1) is 0 Å². The van der Waals surface area contributed by atoms with Crippen LogP contribution in [-0.2, 0) is 6.54 Å². The van der Waals surface area contributed by atoms with E-state index in [9.17, 15) is 8.78 Å². The minimum absolute atomic E-state index is 0.482. The van der Waals surface area contributed by atoms with Gasteiger partial charge in [-0.2, -0.15) is 0 Å². The fourth-order valence-corrected chi connectivity index (χ4v) is 2.58. The van der Waals surface area contributed by atoms with E-state index in [0.717, 1.165) is 43.9 Å². The van der Waals surface area contributed by atoms with Gasteiger partial charge in [-0.1, -0.05) is 6.07 Å². The van der Waals surface area contributed by atoms with Crippen LogP contribution in [0.2, 0.25) is 0 Å². The maximum atomic E-state index is 13.7. The lowest BCUT2D eigenvalue weighted by Gasteiger charge is -2.34. The lowest BCUT2D eigenvalue weighted by molar-refractivity contribution is 0.245. The number of hydrogen-bond acceptors (Lipinski definition) is 4. The lowest BCUT2D eigenvalue weighted by atomic mass is 10.2. The summed E-state index contributed by atoms with van der Waals surface area (Å²) in [7, 11) is 0. The van der Waals surface area contributed by atoms with Crippen molar-refractivity contribution in [2.75, 3.05) is 31.1 Å². The standard InChI is InChI=1S/C16H18F2N4/c1-12-4-5-19-16(20-12)22-8-6-21(7-9-22)11-13-2-3-14(17)10-15(13)18/h2-5,10H,6-9,11H2,1H3. The van der Waals surface area contributed by atoms with Crippen LogP contribution >= 0.6 is 0 Å². The summed E-state index contributed by atoms with van der Waals surface area (Å²) in [4.78, 5) is 13.0. The summed E-state index contributed by atoms with van der Waals surface area (Å²) in [6.45, 7) is 5.63. The molecular formula is C16H18F2N4. The molecule has 6 heteroatoms. The molecule has 1 aliphatic rings. The van der Waals surface area contributed by atoms with Crippen LogP contribution in [0.4, 0.5) is 14.7 Å². The summed E-state index contributed by atoms with van der Waals surface area (Å²) in [5.41, 5.74) is 1.47. The van der Waals surface area contributed by atoms with E-state index in [1.54, 1.807) is 6.20 Å². The molecule has 1 aromatic carbocycles. The summed E-state index contributed by atoms with van der Waals surface area (Å²) in [5, 5.41) is 0. The molecule has 4 nitrogen and oxygen atoms in total.